The molecular weight excluding hydrogens is 246 g/mol. The van der Waals surface area contributed by atoms with Gasteiger partial charge in [0.2, 0.25) is 0 Å². The fourth-order valence-electron chi connectivity index (χ4n) is 2.15. The van der Waals surface area contributed by atoms with E-state index < -0.39 is 0 Å². The molecule has 0 bridgehead atoms. The van der Waals surface area contributed by atoms with Gasteiger partial charge in [0.15, 0.2) is 0 Å². The zero-order valence-corrected chi connectivity index (χ0v) is 11.7. The van der Waals surface area contributed by atoms with Gasteiger partial charge in [-0.15, -0.1) is 0 Å². The number of nitrogens with zero attached hydrogens (tertiary/aromatic N) is 2. The van der Waals surface area contributed by atoms with Crippen LogP contribution in [-0.2, 0) is 6.54 Å². The van der Waals surface area contributed by atoms with Crippen molar-refractivity contribution in [3.8, 4) is 0 Å². The average Bonchev–Trinajstić information content (AvgIpc) is 2.47. The van der Waals surface area contributed by atoms with Crippen molar-refractivity contribution in [1.29, 1.82) is 0 Å². The molecule has 1 heterocycles. The molecule has 0 aliphatic heterocycles. The number of hydrogen-bond acceptors (Lipinski definition) is 3. The van der Waals surface area contributed by atoms with Crippen LogP contribution in [0, 0.1) is 13.8 Å². The minimum Gasteiger partial charge on any atom is -0.379 e. The minimum atomic E-state index is 0.687. The Bertz CT molecular complexity index is 733. The molecule has 1 N–H and O–H groups in total. The second-order valence-electron chi connectivity index (χ2n) is 4.96. The van der Waals surface area contributed by atoms with E-state index in [2.05, 4.69) is 46.5 Å². The van der Waals surface area contributed by atoms with Crippen molar-refractivity contribution in [2.24, 2.45) is 0 Å². The predicted molar refractivity (Wildman–Crippen MR) is 82.8 cm³/mol. The summed E-state index contributed by atoms with van der Waals surface area (Å²) in [6, 6.07) is 16.3. The number of aromatic nitrogens is 2. The van der Waals surface area contributed by atoms with Gasteiger partial charge in [0.05, 0.1) is 29.0 Å². The van der Waals surface area contributed by atoms with Gasteiger partial charge in [-0.1, -0.05) is 29.8 Å². The Kier molecular flexibility index (Phi) is 3.33. The predicted octanol–water partition coefficient (Wildman–Crippen LogP) is 3.86. The molecule has 0 aliphatic rings. The number of aryl methyl sites for hydroxylation is 2. The number of nitrogens with one attached hydrogen (secondary N) is 1. The zero-order chi connectivity index (χ0) is 13.9. The highest BCUT2D eigenvalue weighted by Gasteiger charge is 2.04. The summed E-state index contributed by atoms with van der Waals surface area (Å²) in [6.07, 6.45) is 0. The van der Waals surface area contributed by atoms with Crippen molar-refractivity contribution >= 4 is 16.7 Å². The van der Waals surface area contributed by atoms with Crippen molar-refractivity contribution in [3.05, 3.63) is 65.5 Å². The molecule has 3 heteroatoms. The zero-order valence-electron chi connectivity index (χ0n) is 11.7. The number of hydrogen-bond donors (Lipinski definition) is 1. The Balaban J connectivity index is 1.83. The van der Waals surface area contributed by atoms with Crippen LogP contribution in [0.5, 0.6) is 0 Å². The number of fused-ring (bicyclic) bond motifs is 1. The molecule has 0 saturated carbocycles. The first-order valence-electron chi connectivity index (χ1n) is 6.75. The molecule has 20 heavy (non-hydrogen) atoms. The van der Waals surface area contributed by atoms with Gasteiger partial charge in [0.25, 0.3) is 0 Å². The summed E-state index contributed by atoms with van der Waals surface area (Å²) in [6.45, 7) is 4.78. The number of para-hydroxylation sites is 2. The monoisotopic (exact) mass is 263 g/mol. The topological polar surface area (TPSA) is 37.8 Å². The van der Waals surface area contributed by atoms with Gasteiger partial charge in [-0.3, -0.25) is 0 Å². The second-order valence-corrected chi connectivity index (χ2v) is 4.96. The van der Waals surface area contributed by atoms with Gasteiger partial charge in [-0.25, -0.2) is 9.97 Å². The molecule has 0 fully saturated rings. The Morgan fingerprint density at radius 1 is 0.850 bits per heavy atom. The third-order valence-electron chi connectivity index (χ3n) is 3.35. The van der Waals surface area contributed by atoms with Crippen molar-refractivity contribution in [2.45, 2.75) is 20.4 Å². The maximum absolute atomic E-state index is 4.68. The highest BCUT2D eigenvalue weighted by Crippen LogP contribution is 2.14. The van der Waals surface area contributed by atoms with Gasteiger partial charge in [-0.2, -0.15) is 0 Å². The van der Waals surface area contributed by atoms with Crippen LogP contribution in [-0.4, -0.2) is 9.97 Å². The Morgan fingerprint density at radius 3 is 2.20 bits per heavy atom. The van der Waals surface area contributed by atoms with Gasteiger partial charge >= 0.3 is 0 Å². The summed E-state index contributed by atoms with van der Waals surface area (Å²) >= 11 is 0. The van der Waals surface area contributed by atoms with Crippen LogP contribution in [0.3, 0.4) is 0 Å². The molecule has 0 spiro atoms. The lowest BCUT2D eigenvalue weighted by Gasteiger charge is -2.09. The lowest BCUT2D eigenvalue weighted by Crippen LogP contribution is -2.05. The van der Waals surface area contributed by atoms with Gasteiger partial charge in [0, 0.05) is 5.69 Å². The maximum atomic E-state index is 4.68. The van der Waals surface area contributed by atoms with Gasteiger partial charge in [0.1, 0.15) is 0 Å². The highest BCUT2D eigenvalue weighted by atomic mass is 14.9. The molecule has 0 amide bonds. The molecule has 2 aromatic carbocycles. The van der Waals surface area contributed by atoms with E-state index in [1.165, 1.54) is 5.56 Å². The molecule has 100 valence electrons. The number of anilines is 1. The summed E-state index contributed by atoms with van der Waals surface area (Å²) < 4.78 is 0. The Labute approximate surface area is 118 Å². The lowest BCUT2D eigenvalue weighted by molar-refractivity contribution is 0.998. The molecular formula is C17H17N3. The molecule has 0 unspecified atom stereocenters. The standard InChI is InChI=1S/C17H17N3/c1-12-7-9-14(10-8-12)18-11-17-13(2)19-15-5-3-4-6-16(15)20-17/h3-10,18H,11H2,1-2H3. The van der Waals surface area contributed by atoms with Crippen molar-refractivity contribution in [2.75, 3.05) is 5.32 Å². The molecule has 3 rings (SSSR count). The second kappa shape index (κ2) is 5.29. The quantitative estimate of drug-likeness (QED) is 0.779. The van der Waals surface area contributed by atoms with Crippen LogP contribution in [0.1, 0.15) is 17.0 Å². The smallest absolute Gasteiger partial charge is 0.0891 e. The van der Waals surface area contributed by atoms with E-state index in [1.807, 2.05) is 31.2 Å². The molecule has 3 nitrogen and oxygen atoms in total. The molecule has 0 atom stereocenters. The SMILES string of the molecule is Cc1ccc(NCc2nc3ccccc3nc2C)cc1. The van der Waals surface area contributed by atoms with E-state index in [4.69, 9.17) is 0 Å². The molecule has 0 saturated heterocycles. The van der Waals surface area contributed by atoms with Gasteiger partial charge < -0.3 is 5.32 Å². The van der Waals surface area contributed by atoms with Crippen LogP contribution in [0.4, 0.5) is 5.69 Å². The fraction of sp³-hybridized carbons (Fsp3) is 0.176. The van der Waals surface area contributed by atoms with Gasteiger partial charge in [-0.05, 0) is 38.1 Å². The molecule has 1 aromatic heterocycles. The Hall–Kier alpha value is -2.42. The molecule has 3 aromatic rings. The third kappa shape index (κ3) is 2.62. The van der Waals surface area contributed by atoms with Crippen LogP contribution in [0.25, 0.3) is 11.0 Å². The maximum Gasteiger partial charge on any atom is 0.0891 e. The fourth-order valence-corrected chi connectivity index (χ4v) is 2.15. The minimum absolute atomic E-state index is 0.687. The first-order chi connectivity index (χ1) is 9.72. The normalized spacial score (nSPS) is 10.7. The summed E-state index contributed by atoms with van der Waals surface area (Å²) in [4.78, 5) is 9.28. The third-order valence-corrected chi connectivity index (χ3v) is 3.35. The first kappa shape index (κ1) is 12.6. The average molecular weight is 263 g/mol. The number of benzene rings is 2. The van der Waals surface area contributed by atoms with E-state index in [0.29, 0.717) is 6.54 Å². The van der Waals surface area contributed by atoms with Crippen LogP contribution >= 0.6 is 0 Å². The van der Waals surface area contributed by atoms with Crippen LogP contribution in [0.15, 0.2) is 48.5 Å². The van der Waals surface area contributed by atoms with Crippen LogP contribution in [0.2, 0.25) is 0 Å². The summed E-state index contributed by atoms with van der Waals surface area (Å²) in [5.41, 5.74) is 6.22. The summed E-state index contributed by atoms with van der Waals surface area (Å²) in [5, 5.41) is 3.39. The van der Waals surface area contributed by atoms with E-state index in [1.54, 1.807) is 0 Å². The summed E-state index contributed by atoms with van der Waals surface area (Å²) in [5.74, 6) is 0. The molecule has 0 aliphatic carbocycles. The lowest BCUT2D eigenvalue weighted by atomic mass is 10.2. The first-order valence-corrected chi connectivity index (χ1v) is 6.75. The van der Waals surface area contributed by atoms with E-state index >= 15 is 0 Å². The largest absolute Gasteiger partial charge is 0.379 e. The van der Waals surface area contributed by atoms with Crippen molar-refractivity contribution < 1.29 is 0 Å². The van der Waals surface area contributed by atoms with E-state index in [0.717, 1.165) is 28.1 Å². The molecule has 0 radical (unpaired) electrons. The summed E-state index contributed by atoms with van der Waals surface area (Å²) in [7, 11) is 0. The number of rotatable bonds is 3. The van der Waals surface area contributed by atoms with Crippen molar-refractivity contribution in [1.82, 2.24) is 9.97 Å². The van der Waals surface area contributed by atoms with Crippen molar-refractivity contribution in [3.63, 3.8) is 0 Å². The van der Waals surface area contributed by atoms with E-state index in [-0.39, 0.29) is 0 Å². The Morgan fingerprint density at radius 2 is 1.50 bits per heavy atom. The van der Waals surface area contributed by atoms with Crippen LogP contribution < -0.4 is 5.32 Å². The highest BCUT2D eigenvalue weighted by molar-refractivity contribution is 5.74. The van der Waals surface area contributed by atoms with E-state index in [9.17, 15) is 0 Å².